The Balaban J connectivity index is 2.14. The number of hydrogen-bond donors (Lipinski definition) is 1. The topological polar surface area (TPSA) is 85.1 Å². The van der Waals surface area contributed by atoms with Crippen LogP contribution in [0, 0.1) is 11.6 Å². The summed E-state index contributed by atoms with van der Waals surface area (Å²) in [4.78, 5) is 3.06. The third-order valence-electron chi connectivity index (χ3n) is 2.28. The molecule has 0 aliphatic rings. The van der Waals surface area contributed by atoms with Gasteiger partial charge in [-0.2, -0.15) is 4.98 Å². The van der Waals surface area contributed by atoms with Crippen molar-refractivity contribution in [2.75, 3.05) is 6.54 Å². The lowest BCUT2D eigenvalue weighted by Crippen LogP contribution is -2.27. The molecular weight excluding hydrogens is 360 g/mol. The highest BCUT2D eigenvalue weighted by atomic mass is 79.9. The van der Waals surface area contributed by atoms with Crippen LogP contribution in [0.15, 0.2) is 32.4 Å². The number of nitrogens with zero attached hydrogens (tertiary/aromatic N) is 2. The monoisotopic (exact) mass is 367 g/mol. The highest BCUT2D eigenvalue weighted by Crippen LogP contribution is 2.25. The quantitative estimate of drug-likeness (QED) is 0.867. The van der Waals surface area contributed by atoms with E-state index in [0.29, 0.717) is 11.9 Å². The molecule has 2 rings (SSSR count). The summed E-state index contributed by atoms with van der Waals surface area (Å²) in [6.07, 6.45) is 1.29. The Morgan fingerprint density at radius 2 is 2.10 bits per heavy atom. The van der Waals surface area contributed by atoms with Gasteiger partial charge in [-0.1, -0.05) is 5.16 Å². The van der Waals surface area contributed by atoms with E-state index in [2.05, 4.69) is 35.3 Å². The van der Waals surface area contributed by atoms with Gasteiger partial charge in [-0.3, -0.25) is 0 Å². The van der Waals surface area contributed by atoms with Crippen molar-refractivity contribution in [1.82, 2.24) is 14.9 Å². The van der Waals surface area contributed by atoms with E-state index in [9.17, 15) is 17.2 Å². The number of aromatic nitrogens is 2. The summed E-state index contributed by atoms with van der Waals surface area (Å²) in [7, 11) is -4.12. The maximum Gasteiger partial charge on any atom is 0.244 e. The lowest BCUT2D eigenvalue weighted by atomic mass is 10.3. The number of benzene rings is 1. The summed E-state index contributed by atoms with van der Waals surface area (Å²) < 4.78 is 56.9. The number of rotatable bonds is 5. The van der Waals surface area contributed by atoms with E-state index in [4.69, 9.17) is 0 Å². The zero-order chi connectivity index (χ0) is 14.8. The van der Waals surface area contributed by atoms with E-state index in [1.807, 2.05) is 0 Å². The molecule has 1 N–H and O–H groups in total. The van der Waals surface area contributed by atoms with Crippen molar-refractivity contribution >= 4 is 26.0 Å². The van der Waals surface area contributed by atoms with Gasteiger partial charge in [0.1, 0.15) is 16.5 Å². The van der Waals surface area contributed by atoms with Crippen molar-refractivity contribution in [3.8, 4) is 0 Å². The molecule has 0 bridgehead atoms. The molecule has 1 aromatic carbocycles. The van der Waals surface area contributed by atoms with Crippen LogP contribution in [0.4, 0.5) is 8.78 Å². The van der Waals surface area contributed by atoms with Gasteiger partial charge in [0.2, 0.25) is 16.4 Å². The lowest BCUT2D eigenvalue weighted by molar-refractivity contribution is 0.409. The molecule has 10 heteroatoms. The Labute approximate surface area is 121 Å². The zero-order valence-corrected chi connectivity index (χ0v) is 12.2. The Bertz CT molecular complexity index is 684. The minimum atomic E-state index is -4.12. The molecule has 0 spiro atoms. The standard InChI is InChI=1S/C10H8BrF2N3O3S/c11-7-3-6(12)4-8(13)10(7)20(17,18)15-2-1-9-14-5-19-16-9/h3-5,15H,1-2H2. The van der Waals surface area contributed by atoms with Crippen molar-refractivity contribution in [3.05, 3.63) is 40.5 Å². The highest BCUT2D eigenvalue weighted by molar-refractivity contribution is 9.10. The summed E-state index contributed by atoms with van der Waals surface area (Å²) in [5, 5.41) is 3.50. The number of hydrogen-bond acceptors (Lipinski definition) is 5. The van der Waals surface area contributed by atoms with E-state index < -0.39 is 26.6 Å². The number of sulfonamides is 1. The molecule has 0 aliphatic heterocycles. The van der Waals surface area contributed by atoms with Gasteiger partial charge in [-0.25, -0.2) is 21.9 Å². The molecule has 108 valence electrons. The summed E-state index contributed by atoms with van der Waals surface area (Å²) in [5.74, 6) is -1.74. The highest BCUT2D eigenvalue weighted by Gasteiger charge is 2.23. The van der Waals surface area contributed by atoms with Crippen LogP contribution in [0.5, 0.6) is 0 Å². The second-order valence-corrected chi connectivity index (χ2v) is 6.25. The molecule has 0 aliphatic carbocycles. The van der Waals surface area contributed by atoms with Crippen molar-refractivity contribution in [2.24, 2.45) is 0 Å². The second-order valence-electron chi connectivity index (χ2n) is 3.69. The van der Waals surface area contributed by atoms with Crippen LogP contribution in [0.1, 0.15) is 5.82 Å². The van der Waals surface area contributed by atoms with Crippen LogP contribution in [0.2, 0.25) is 0 Å². The molecule has 0 saturated heterocycles. The van der Waals surface area contributed by atoms with Gasteiger partial charge >= 0.3 is 0 Å². The Morgan fingerprint density at radius 3 is 2.70 bits per heavy atom. The maximum absolute atomic E-state index is 13.6. The molecule has 6 nitrogen and oxygen atoms in total. The summed E-state index contributed by atoms with van der Waals surface area (Å²) in [5.41, 5.74) is 0. The molecule has 0 fully saturated rings. The third-order valence-corrected chi connectivity index (χ3v) is 4.70. The minimum Gasteiger partial charge on any atom is -0.343 e. The minimum absolute atomic E-state index is 0.0505. The van der Waals surface area contributed by atoms with E-state index in [1.54, 1.807) is 0 Å². The first-order chi connectivity index (χ1) is 9.40. The molecule has 0 amide bonds. The van der Waals surface area contributed by atoms with Crippen LogP contribution in [0.25, 0.3) is 0 Å². The van der Waals surface area contributed by atoms with Gasteiger partial charge in [-0.05, 0) is 22.0 Å². The lowest BCUT2D eigenvalue weighted by Gasteiger charge is -2.08. The predicted octanol–water partition coefficient (Wildman–Crippen LogP) is 1.63. The van der Waals surface area contributed by atoms with Crippen LogP contribution in [-0.4, -0.2) is 25.1 Å². The van der Waals surface area contributed by atoms with Gasteiger partial charge in [0.05, 0.1) is 0 Å². The van der Waals surface area contributed by atoms with Gasteiger partial charge in [0.15, 0.2) is 5.82 Å². The van der Waals surface area contributed by atoms with Crippen LogP contribution in [-0.2, 0) is 16.4 Å². The molecule has 1 aromatic heterocycles. The van der Waals surface area contributed by atoms with E-state index >= 15 is 0 Å². The molecule has 0 radical (unpaired) electrons. The maximum atomic E-state index is 13.6. The fraction of sp³-hybridized carbons (Fsp3) is 0.200. The van der Waals surface area contributed by atoms with Crippen molar-refractivity contribution in [2.45, 2.75) is 11.3 Å². The average Bonchev–Trinajstić information content (AvgIpc) is 2.79. The number of nitrogens with one attached hydrogen (secondary N) is 1. The van der Waals surface area contributed by atoms with Crippen LogP contribution in [0.3, 0.4) is 0 Å². The van der Waals surface area contributed by atoms with E-state index in [-0.39, 0.29) is 17.4 Å². The fourth-order valence-electron chi connectivity index (χ4n) is 1.46. The first-order valence-electron chi connectivity index (χ1n) is 5.29. The van der Waals surface area contributed by atoms with Gasteiger partial charge in [-0.15, -0.1) is 0 Å². The SMILES string of the molecule is O=S(=O)(NCCc1ncon1)c1c(F)cc(F)cc1Br. The number of halogens is 3. The molecular formula is C10H8BrF2N3O3S. The van der Waals surface area contributed by atoms with E-state index in [1.165, 1.54) is 0 Å². The third kappa shape index (κ3) is 3.38. The van der Waals surface area contributed by atoms with Crippen molar-refractivity contribution in [3.63, 3.8) is 0 Å². The molecule has 0 unspecified atom stereocenters. The second kappa shape index (κ2) is 5.94. The van der Waals surface area contributed by atoms with Gasteiger partial charge < -0.3 is 4.52 Å². The van der Waals surface area contributed by atoms with E-state index in [0.717, 1.165) is 12.5 Å². The molecule has 0 atom stereocenters. The fourth-order valence-corrected chi connectivity index (χ4v) is 3.65. The van der Waals surface area contributed by atoms with Gasteiger partial charge in [0.25, 0.3) is 0 Å². The normalized spacial score (nSPS) is 11.8. The average molecular weight is 368 g/mol. The Kier molecular flexibility index (Phi) is 4.45. The first kappa shape index (κ1) is 15.0. The summed E-state index contributed by atoms with van der Waals surface area (Å²) in [6, 6.07) is 1.37. The molecule has 0 saturated carbocycles. The largest absolute Gasteiger partial charge is 0.343 e. The Hall–Kier alpha value is -1.39. The zero-order valence-electron chi connectivity index (χ0n) is 9.81. The predicted molar refractivity (Wildman–Crippen MR) is 67.2 cm³/mol. The summed E-state index contributed by atoms with van der Waals surface area (Å²) >= 11 is 2.83. The Morgan fingerprint density at radius 1 is 1.35 bits per heavy atom. The van der Waals surface area contributed by atoms with Crippen LogP contribution < -0.4 is 4.72 Å². The summed E-state index contributed by atoms with van der Waals surface area (Å²) in [6.45, 7) is -0.0505. The molecule has 20 heavy (non-hydrogen) atoms. The van der Waals surface area contributed by atoms with Crippen molar-refractivity contribution in [1.29, 1.82) is 0 Å². The molecule has 1 heterocycles. The first-order valence-corrected chi connectivity index (χ1v) is 7.57. The van der Waals surface area contributed by atoms with Crippen molar-refractivity contribution < 1.29 is 21.7 Å². The van der Waals surface area contributed by atoms with Crippen LogP contribution >= 0.6 is 15.9 Å². The molecule has 2 aromatic rings. The smallest absolute Gasteiger partial charge is 0.244 e. The van der Waals surface area contributed by atoms with Gasteiger partial charge in [0, 0.05) is 23.5 Å².